The van der Waals surface area contributed by atoms with Crippen LogP contribution in [0.1, 0.15) is 43.0 Å². The first-order valence-electron chi connectivity index (χ1n) is 9.65. The topological polar surface area (TPSA) is 55.8 Å². The van der Waals surface area contributed by atoms with Crippen LogP contribution in [0.3, 0.4) is 0 Å². The molecular formula is C20H31N3O2. The number of benzene rings is 1. The fourth-order valence-corrected chi connectivity index (χ4v) is 3.87. The molecule has 0 bridgehead atoms. The zero-order valence-electron chi connectivity index (χ0n) is 15.3. The van der Waals surface area contributed by atoms with Crippen molar-refractivity contribution in [2.45, 2.75) is 38.7 Å². The Labute approximate surface area is 151 Å². The van der Waals surface area contributed by atoms with Crippen molar-refractivity contribution in [1.82, 2.24) is 10.2 Å². The second-order valence-corrected chi connectivity index (χ2v) is 7.57. The van der Waals surface area contributed by atoms with Crippen molar-refractivity contribution in [2.75, 3.05) is 44.2 Å². The van der Waals surface area contributed by atoms with E-state index in [0.717, 1.165) is 57.2 Å². The van der Waals surface area contributed by atoms with Crippen molar-refractivity contribution >= 4 is 11.6 Å². The molecule has 1 aromatic carbocycles. The molecule has 2 heterocycles. The molecule has 0 saturated carbocycles. The summed E-state index contributed by atoms with van der Waals surface area (Å²) in [6.45, 7) is 7.99. The van der Waals surface area contributed by atoms with Gasteiger partial charge in [0.15, 0.2) is 0 Å². The minimum Gasteiger partial charge on any atom is -0.393 e. The molecule has 0 aliphatic carbocycles. The number of anilines is 1. The molecule has 5 heteroatoms. The summed E-state index contributed by atoms with van der Waals surface area (Å²) < 4.78 is 0. The number of rotatable bonds is 5. The highest BCUT2D eigenvalue weighted by molar-refractivity contribution is 5.94. The van der Waals surface area contributed by atoms with E-state index in [9.17, 15) is 9.90 Å². The Morgan fingerprint density at radius 1 is 1.16 bits per heavy atom. The highest BCUT2D eigenvalue weighted by Gasteiger charge is 2.18. The number of nitrogens with zero attached hydrogens (tertiary/aromatic N) is 2. The van der Waals surface area contributed by atoms with Gasteiger partial charge in [-0.05, 0) is 62.4 Å². The third-order valence-corrected chi connectivity index (χ3v) is 5.41. The maximum absolute atomic E-state index is 12.3. The normalized spacial score (nSPS) is 22.8. The monoisotopic (exact) mass is 345 g/mol. The molecule has 2 saturated heterocycles. The predicted molar refractivity (Wildman–Crippen MR) is 101 cm³/mol. The van der Waals surface area contributed by atoms with Crippen LogP contribution in [0.15, 0.2) is 24.3 Å². The van der Waals surface area contributed by atoms with Crippen LogP contribution < -0.4 is 10.2 Å². The number of hydrogen-bond donors (Lipinski definition) is 2. The van der Waals surface area contributed by atoms with Crippen molar-refractivity contribution in [3.63, 3.8) is 0 Å². The Morgan fingerprint density at radius 2 is 1.88 bits per heavy atom. The predicted octanol–water partition coefficient (Wildman–Crippen LogP) is 2.11. The van der Waals surface area contributed by atoms with Gasteiger partial charge in [-0.25, -0.2) is 0 Å². The highest BCUT2D eigenvalue weighted by atomic mass is 16.3. The summed E-state index contributed by atoms with van der Waals surface area (Å²) in [7, 11) is 0. The molecule has 2 fully saturated rings. The molecule has 1 aromatic rings. The van der Waals surface area contributed by atoms with Crippen molar-refractivity contribution < 1.29 is 9.90 Å². The minimum absolute atomic E-state index is 0.00525. The van der Waals surface area contributed by atoms with Gasteiger partial charge in [0.05, 0.1) is 6.10 Å². The number of aliphatic hydroxyl groups is 1. The van der Waals surface area contributed by atoms with Crippen molar-refractivity contribution in [3.05, 3.63) is 29.8 Å². The van der Waals surface area contributed by atoms with Gasteiger partial charge in [-0.1, -0.05) is 6.92 Å². The van der Waals surface area contributed by atoms with E-state index in [2.05, 4.69) is 22.0 Å². The molecule has 1 amide bonds. The van der Waals surface area contributed by atoms with Gasteiger partial charge in [0, 0.05) is 44.0 Å². The molecular weight excluding hydrogens is 314 g/mol. The van der Waals surface area contributed by atoms with Gasteiger partial charge >= 0.3 is 0 Å². The van der Waals surface area contributed by atoms with Crippen LogP contribution in [0, 0.1) is 5.92 Å². The summed E-state index contributed by atoms with van der Waals surface area (Å²) in [5, 5.41) is 12.6. The average Bonchev–Trinajstić information content (AvgIpc) is 2.62. The Balaban J connectivity index is 1.44. The Hall–Kier alpha value is -1.59. The molecule has 0 radical (unpaired) electrons. The van der Waals surface area contributed by atoms with E-state index in [1.807, 2.05) is 24.3 Å². The lowest BCUT2D eigenvalue weighted by molar-refractivity contribution is 0.0944. The van der Waals surface area contributed by atoms with Crippen LogP contribution in [0.5, 0.6) is 0 Å². The van der Waals surface area contributed by atoms with Crippen molar-refractivity contribution in [2.24, 2.45) is 5.92 Å². The molecule has 1 unspecified atom stereocenters. The zero-order valence-corrected chi connectivity index (χ0v) is 15.3. The number of piperidine rings is 2. The smallest absolute Gasteiger partial charge is 0.251 e. The first-order chi connectivity index (χ1) is 12.1. The van der Waals surface area contributed by atoms with Gasteiger partial charge in [-0.3, -0.25) is 4.79 Å². The number of carbonyl (C=O) groups excluding carboxylic acids is 1. The summed E-state index contributed by atoms with van der Waals surface area (Å²) in [4.78, 5) is 17.0. The van der Waals surface area contributed by atoms with Gasteiger partial charge in [0.1, 0.15) is 0 Å². The van der Waals surface area contributed by atoms with E-state index in [-0.39, 0.29) is 12.0 Å². The van der Waals surface area contributed by atoms with Crippen LogP contribution in [-0.4, -0.2) is 61.3 Å². The molecule has 3 rings (SSSR count). The maximum Gasteiger partial charge on any atom is 0.251 e. The van der Waals surface area contributed by atoms with Gasteiger partial charge in [0.2, 0.25) is 0 Å². The summed E-state index contributed by atoms with van der Waals surface area (Å²) >= 11 is 0. The highest BCUT2D eigenvalue weighted by Crippen LogP contribution is 2.20. The van der Waals surface area contributed by atoms with Crippen LogP contribution in [0.2, 0.25) is 0 Å². The van der Waals surface area contributed by atoms with Crippen molar-refractivity contribution in [3.8, 4) is 0 Å². The van der Waals surface area contributed by atoms with E-state index in [1.165, 1.54) is 12.8 Å². The van der Waals surface area contributed by atoms with E-state index in [0.29, 0.717) is 12.1 Å². The number of carbonyl (C=O) groups is 1. The second-order valence-electron chi connectivity index (χ2n) is 7.57. The van der Waals surface area contributed by atoms with Gasteiger partial charge < -0.3 is 20.2 Å². The number of nitrogens with one attached hydrogen (secondary N) is 1. The lowest BCUT2D eigenvalue weighted by Crippen LogP contribution is -2.40. The molecule has 138 valence electrons. The molecule has 1 atom stereocenters. The molecule has 25 heavy (non-hydrogen) atoms. The largest absolute Gasteiger partial charge is 0.393 e. The Bertz CT molecular complexity index is 553. The Kier molecular flexibility index (Phi) is 6.32. The quantitative estimate of drug-likeness (QED) is 0.858. The first kappa shape index (κ1) is 18.2. The number of amides is 1. The molecule has 0 aromatic heterocycles. The number of aliphatic hydroxyl groups excluding tert-OH is 1. The lowest BCUT2D eigenvalue weighted by atomic mass is 10.0. The van der Waals surface area contributed by atoms with Crippen LogP contribution in [0.4, 0.5) is 5.69 Å². The summed E-state index contributed by atoms with van der Waals surface area (Å²) in [5.74, 6) is 0.776. The average molecular weight is 345 g/mol. The van der Waals surface area contributed by atoms with Crippen LogP contribution in [0.25, 0.3) is 0 Å². The summed E-state index contributed by atoms with van der Waals surface area (Å²) in [5.41, 5.74) is 1.85. The molecule has 2 aliphatic rings. The first-order valence-corrected chi connectivity index (χ1v) is 9.65. The minimum atomic E-state index is -0.163. The Morgan fingerprint density at radius 3 is 2.56 bits per heavy atom. The SMILES string of the molecule is CC1CCCN(CCNC(=O)c2ccc(N3CCC(O)CC3)cc2)C1. The van der Waals surface area contributed by atoms with E-state index >= 15 is 0 Å². The van der Waals surface area contributed by atoms with Crippen LogP contribution in [-0.2, 0) is 0 Å². The fourth-order valence-electron chi connectivity index (χ4n) is 3.87. The lowest BCUT2D eigenvalue weighted by Gasteiger charge is -2.31. The van der Waals surface area contributed by atoms with Crippen LogP contribution >= 0.6 is 0 Å². The van der Waals surface area contributed by atoms with Crippen molar-refractivity contribution in [1.29, 1.82) is 0 Å². The molecule has 2 N–H and O–H groups in total. The van der Waals surface area contributed by atoms with E-state index in [1.54, 1.807) is 0 Å². The van der Waals surface area contributed by atoms with E-state index < -0.39 is 0 Å². The fraction of sp³-hybridized carbons (Fsp3) is 0.650. The summed E-state index contributed by atoms with van der Waals surface area (Å²) in [6.07, 6.45) is 4.06. The maximum atomic E-state index is 12.3. The molecule has 2 aliphatic heterocycles. The molecule has 0 spiro atoms. The molecule has 5 nitrogen and oxygen atoms in total. The van der Waals surface area contributed by atoms with Gasteiger partial charge in [-0.15, -0.1) is 0 Å². The number of likely N-dealkylation sites (tertiary alicyclic amines) is 1. The third kappa shape index (κ3) is 5.19. The zero-order chi connectivity index (χ0) is 17.6. The van der Waals surface area contributed by atoms with Gasteiger partial charge in [-0.2, -0.15) is 0 Å². The summed E-state index contributed by atoms with van der Waals surface area (Å²) in [6, 6.07) is 7.83. The number of hydrogen-bond acceptors (Lipinski definition) is 4. The van der Waals surface area contributed by atoms with Gasteiger partial charge in [0.25, 0.3) is 5.91 Å². The third-order valence-electron chi connectivity index (χ3n) is 5.41. The second kappa shape index (κ2) is 8.68. The standard InChI is InChI=1S/C20H31N3O2/c1-16-3-2-11-22(15-16)14-10-21-20(25)17-4-6-18(7-5-17)23-12-8-19(24)9-13-23/h4-7,16,19,24H,2-3,8-15H2,1H3,(H,21,25). The van der Waals surface area contributed by atoms with E-state index in [4.69, 9.17) is 0 Å².